The van der Waals surface area contributed by atoms with E-state index >= 15 is 0 Å². The lowest BCUT2D eigenvalue weighted by Crippen LogP contribution is -2.38. The highest BCUT2D eigenvalue weighted by atomic mass is 35.5. The molecule has 0 atom stereocenters. The van der Waals surface area contributed by atoms with E-state index in [1.807, 2.05) is 0 Å². The molecular weight excluding hydrogens is 347 g/mol. The van der Waals surface area contributed by atoms with Crippen LogP contribution in [0.4, 0.5) is 17.1 Å². The van der Waals surface area contributed by atoms with Gasteiger partial charge in [-0.25, -0.2) is 0 Å². The molecule has 4 nitrogen and oxygen atoms in total. The Bertz CT molecular complexity index is 650. The third-order valence-electron chi connectivity index (χ3n) is 3.62. The number of nitrogens with zero attached hydrogens (tertiary/aromatic N) is 2. The fourth-order valence-electron chi connectivity index (χ4n) is 2.58. The summed E-state index contributed by atoms with van der Waals surface area (Å²) in [5.74, 6) is 0. The lowest BCUT2D eigenvalue weighted by atomic mass is 9.96. The fourth-order valence-corrected chi connectivity index (χ4v) is 4.00. The highest BCUT2D eigenvalue weighted by Gasteiger charge is 2.20. The summed E-state index contributed by atoms with van der Waals surface area (Å²) in [6.45, 7) is 0. The summed E-state index contributed by atoms with van der Waals surface area (Å²) in [7, 11) is 0. The molecule has 0 bridgehead atoms. The molecule has 1 aromatic rings. The maximum Gasteiger partial charge on any atom is 0.171 e. The van der Waals surface area contributed by atoms with Crippen LogP contribution in [0.5, 0.6) is 0 Å². The Kier molecular flexibility index (Phi) is 4.78. The number of nitrogens with one attached hydrogen (secondary N) is 2. The van der Waals surface area contributed by atoms with Gasteiger partial charge in [0.1, 0.15) is 11.4 Å². The summed E-state index contributed by atoms with van der Waals surface area (Å²) in [4.78, 5) is 0. The Hall–Kier alpha value is -0.690. The predicted octanol–water partition coefficient (Wildman–Crippen LogP) is 5.34. The average Bonchev–Trinajstić information content (AvgIpc) is 2.94. The fraction of sp³-hybridized carbons (Fsp3) is 0.462. The van der Waals surface area contributed by atoms with E-state index in [1.165, 1.54) is 19.3 Å². The van der Waals surface area contributed by atoms with Crippen LogP contribution in [0.1, 0.15) is 32.1 Å². The van der Waals surface area contributed by atoms with Crippen molar-refractivity contribution in [3.63, 3.8) is 0 Å². The van der Waals surface area contributed by atoms with Gasteiger partial charge in [0.25, 0.3) is 0 Å². The maximum atomic E-state index is 6.25. The first kappa shape index (κ1) is 15.2. The molecule has 1 aliphatic carbocycles. The number of anilines is 1. The molecule has 0 radical (unpaired) electrons. The molecule has 0 aromatic heterocycles. The van der Waals surface area contributed by atoms with Gasteiger partial charge in [-0.1, -0.05) is 42.5 Å². The van der Waals surface area contributed by atoms with Crippen molar-refractivity contribution in [1.82, 2.24) is 5.32 Å². The highest BCUT2D eigenvalue weighted by molar-refractivity contribution is 7.80. The minimum Gasteiger partial charge on any atom is -0.360 e. The second-order valence-electron chi connectivity index (χ2n) is 5.11. The number of thiocarbonyl (C=S) groups is 1. The first-order valence-corrected chi connectivity index (χ1v) is 8.72. The van der Waals surface area contributed by atoms with Gasteiger partial charge in [-0.2, -0.15) is 8.73 Å². The number of rotatable bonds is 2. The van der Waals surface area contributed by atoms with Gasteiger partial charge in [-0.15, -0.1) is 0 Å². The normalized spacial score (nSPS) is 17.2. The number of hydrogen-bond donors (Lipinski definition) is 2. The molecule has 8 heteroatoms. The molecular formula is C13H14Cl2N4S2. The number of fused-ring (bicyclic) bond motifs is 1. The van der Waals surface area contributed by atoms with E-state index in [1.54, 1.807) is 6.07 Å². The van der Waals surface area contributed by atoms with Crippen LogP contribution in [-0.4, -0.2) is 11.2 Å². The molecule has 1 saturated carbocycles. The van der Waals surface area contributed by atoms with Crippen LogP contribution in [-0.2, 0) is 11.4 Å². The van der Waals surface area contributed by atoms with Crippen LogP contribution >= 0.6 is 35.4 Å². The van der Waals surface area contributed by atoms with Crippen molar-refractivity contribution < 1.29 is 0 Å². The third kappa shape index (κ3) is 3.39. The largest absolute Gasteiger partial charge is 0.360 e. The molecule has 1 aromatic carbocycles. The summed E-state index contributed by atoms with van der Waals surface area (Å²) in [6, 6.07) is 2.10. The zero-order chi connectivity index (χ0) is 14.8. The van der Waals surface area contributed by atoms with Gasteiger partial charge in [0.05, 0.1) is 27.1 Å². The van der Waals surface area contributed by atoms with E-state index in [4.69, 9.17) is 35.4 Å². The van der Waals surface area contributed by atoms with E-state index < -0.39 is 0 Å². The smallest absolute Gasteiger partial charge is 0.171 e. The van der Waals surface area contributed by atoms with E-state index in [-0.39, 0.29) is 0 Å². The van der Waals surface area contributed by atoms with Gasteiger partial charge < -0.3 is 10.6 Å². The maximum absolute atomic E-state index is 6.25. The molecule has 21 heavy (non-hydrogen) atoms. The van der Waals surface area contributed by atoms with Gasteiger partial charge in [-0.3, -0.25) is 0 Å². The van der Waals surface area contributed by atoms with Crippen LogP contribution in [0.15, 0.2) is 14.8 Å². The lowest BCUT2D eigenvalue weighted by Gasteiger charge is -2.24. The van der Waals surface area contributed by atoms with Crippen molar-refractivity contribution in [2.24, 2.45) is 8.73 Å². The number of halogens is 2. The van der Waals surface area contributed by atoms with Crippen LogP contribution in [0.25, 0.3) is 0 Å². The van der Waals surface area contributed by atoms with Crippen molar-refractivity contribution in [3.05, 3.63) is 16.1 Å². The van der Waals surface area contributed by atoms with Crippen molar-refractivity contribution >= 4 is 68.9 Å². The second-order valence-corrected chi connectivity index (χ2v) is 6.86. The number of hydrogen-bond acceptors (Lipinski definition) is 3. The predicted molar refractivity (Wildman–Crippen MR) is 94.2 cm³/mol. The van der Waals surface area contributed by atoms with Crippen molar-refractivity contribution in [3.8, 4) is 0 Å². The molecule has 2 N–H and O–H groups in total. The third-order valence-corrected chi connectivity index (χ3v) is 4.96. The first-order valence-electron chi connectivity index (χ1n) is 6.83. The molecule has 0 amide bonds. The summed E-state index contributed by atoms with van der Waals surface area (Å²) in [5.41, 5.74) is 1.97. The summed E-state index contributed by atoms with van der Waals surface area (Å²) < 4.78 is 8.43. The van der Waals surface area contributed by atoms with Crippen LogP contribution in [0.3, 0.4) is 0 Å². The Morgan fingerprint density at radius 2 is 1.86 bits per heavy atom. The minimum atomic E-state index is 0.439. The van der Waals surface area contributed by atoms with Crippen LogP contribution in [0, 0.1) is 0 Å². The molecule has 2 aliphatic rings. The number of benzene rings is 1. The Balaban J connectivity index is 1.74. The van der Waals surface area contributed by atoms with Crippen LogP contribution < -0.4 is 10.6 Å². The van der Waals surface area contributed by atoms with E-state index in [9.17, 15) is 0 Å². The molecule has 0 unspecified atom stereocenters. The standard InChI is InChI=1S/C13H14Cl2N4S2/c14-8-6-9(15)11-12(19-21-18-11)10(8)17-13(20)16-7-4-2-1-3-5-7/h6-7H,1-5H2,(H2,16,17,20). The molecule has 3 rings (SSSR count). The molecule has 112 valence electrons. The highest BCUT2D eigenvalue weighted by Crippen LogP contribution is 2.47. The molecule has 0 spiro atoms. The summed E-state index contributed by atoms with van der Waals surface area (Å²) in [6.07, 6.45) is 6.13. The molecule has 1 heterocycles. The topological polar surface area (TPSA) is 48.8 Å². The Morgan fingerprint density at radius 3 is 2.62 bits per heavy atom. The first-order chi connectivity index (χ1) is 10.1. The molecule has 0 saturated heterocycles. The summed E-state index contributed by atoms with van der Waals surface area (Å²) in [5, 5.41) is 8.06. The van der Waals surface area contributed by atoms with Gasteiger partial charge in [0.2, 0.25) is 0 Å². The van der Waals surface area contributed by atoms with E-state index in [0.717, 1.165) is 24.2 Å². The van der Waals surface area contributed by atoms with E-state index in [0.29, 0.717) is 38.3 Å². The zero-order valence-corrected chi connectivity index (χ0v) is 14.3. The molecule has 1 fully saturated rings. The molecule has 1 aliphatic heterocycles. The van der Waals surface area contributed by atoms with Gasteiger partial charge in [0, 0.05) is 6.04 Å². The zero-order valence-electron chi connectivity index (χ0n) is 11.2. The second kappa shape index (κ2) is 6.60. The Labute approximate surface area is 142 Å². The van der Waals surface area contributed by atoms with Crippen molar-refractivity contribution in [2.45, 2.75) is 38.1 Å². The quantitative estimate of drug-likeness (QED) is 0.710. The van der Waals surface area contributed by atoms with Gasteiger partial charge in [0.15, 0.2) is 5.11 Å². The minimum absolute atomic E-state index is 0.439. The average molecular weight is 361 g/mol. The Morgan fingerprint density at radius 1 is 1.14 bits per heavy atom. The van der Waals surface area contributed by atoms with E-state index in [2.05, 4.69) is 19.4 Å². The summed E-state index contributed by atoms with van der Waals surface area (Å²) >= 11 is 18.9. The van der Waals surface area contributed by atoms with Gasteiger partial charge >= 0.3 is 0 Å². The van der Waals surface area contributed by atoms with Crippen LogP contribution in [0.2, 0.25) is 10.0 Å². The van der Waals surface area contributed by atoms with Crippen molar-refractivity contribution in [1.29, 1.82) is 0 Å². The van der Waals surface area contributed by atoms with Crippen molar-refractivity contribution in [2.75, 3.05) is 5.32 Å². The lowest BCUT2D eigenvalue weighted by molar-refractivity contribution is 0.415. The monoisotopic (exact) mass is 360 g/mol. The SMILES string of the molecule is S=C(Nc1c(Cl)cc(Cl)c2c1N=S=N2)NC1CCCCC1. The van der Waals surface area contributed by atoms with Gasteiger partial charge in [-0.05, 0) is 31.1 Å².